The number of ether oxygens (including phenoxy) is 1. The minimum atomic E-state index is -0.182. The number of para-hydroxylation sites is 1. The third-order valence-electron chi connectivity index (χ3n) is 5.37. The number of nitrogen functional groups attached to an aromatic ring is 1. The number of hydrogen-bond acceptors (Lipinski definition) is 7. The number of rotatable bonds is 6. The predicted octanol–water partition coefficient (Wildman–Crippen LogP) is 1.56. The summed E-state index contributed by atoms with van der Waals surface area (Å²) in [5.74, 6) is 1.69. The van der Waals surface area contributed by atoms with Gasteiger partial charge in [0.15, 0.2) is 5.82 Å². The van der Waals surface area contributed by atoms with Crippen molar-refractivity contribution in [2.75, 3.05) is 49.2 Å². The SMILES string of the molecule is COc1ccc(C)cc1Nc1nc(N)nc(C[NH+]2CCN(c3ccccc3F)CC2)n1. The molecular formula is C22H27FN7O+. The van der Waals surface area contributed by atoms with Crippen molar-refractivity contribution in [2.45, 2.75) is 13.5 Å². The smallest absolute Gasteiger partial charge is 0.232 e. The van der Waals surface area contributed by atoms with Gasteiger partial charge in [-0.1, -0.05) is 18.2 Å². The normalized spacial score (nSPS) is 14.5. The highest BCUT2D eigenvalue weighted by Crippen LogP contribution is 2.27. The summed E-state index contributed by atoms with van der Waals surface area (Å²) >= 11 is 0. The second-order valence-corrected chi connectivity index (χ2v) is 7.63. The van der Waals surface area contributed by atoms with Crippen LogP contribution in [0.2, 0.25) is 0 Å². The van der Waals surface area contributed by atoms with Crippen LogP contribution < -0.4 is 25.6 Å². The molecule has 9 heteroatoms. The van der Waals surface area contributed by atoms with Crippen LogP contribution in [0.1, 0.15) is 11.4 Å². The topological polar surface area (TPSA) is 93.6 Å². The standard InChI is InChI=1S/C22H26FN7O/c1-15-7-8-19(31-2)17(13-15)25-22-27-20(26-21(24)28-22)14-29-9-11-30(12-10-29)18-6-4-3-5-16(18)23/h3-8,13H,9-12,14H2,1-2H3,(H3,24,25,26,27,28)/p+1. The Balaban J connectivity index is 1.43. The fraction of sp³-hybridized carbons (Fsp3) is 0.318. The van der Waals surface area contributed by atoms with Crippen LogP contribution in [0.5, 0.6) is 5.75 Å². The van der Waals surface area contributed by atoms with Gasteiger partial charge >= 0.3 is 0 Å². The summed E-state index contributed by atoms with van der Waals surface area (Å²) in [6.45, 7) is 5.87. The van der Waals surface area contributed by atoms with Gasteiger partial charge in [0.1, 0.15) is 18.1 Å². The molecule has 1 aromatic heterocycles. The largest absolute Gasteiger partial charge is 0.495 e. The molecule has 0 amide bonds. The lowest BCUT2D eigenvalue weighted by Gasteiger charge is -2.33. The van der Waals surface area contributed by atoms with Gasteiger partial charge in [-0.2, -0.15) is 15.0 Å². The van der Waals surface area contributed by atoms with Crippen molar-refractivity contribution in [1.82, 2.24) is 15.0 Å². The highest BCUT2D eigenvalue weighted by molar-refractivity contribution is 5.63. The van der Waals surface area contributed by atoms with Gasteiger partial charge in [-0.3, -0.25) is 0 Å². The second kappa shape index (κ2) is 9.13. The molecule has 0 saturated carbocycles. The molecule has 0 atom stereocenters. The number of methoxy groups -OCH3 is 1. The average Bonchev–Trinajstić information content (AvgIpc) is 2.75. The first-order valence-electron chi connectivity index (χ1n) is 10.3. The number of nitrogens with one attached hydrogen (secondary N) is 2. The third-order valence-corrected chi connectivity index (χ3v) is 5.37. The van der Waals surface area contributed by atoms with Gasteiger partial charge in [-0.25, -0.2) is 4.39 Å². The van der Waals surface area contributed by atoms with Crippen molar-refractivity contribution in [2.24, 2.45) is 0 Å². The summed E-state index contributed by atoms with van der Waals surface area (Å²) < 4.78 is 19.5. The van der Waals surface area contributed by atoms with Crippen LogP contribution in [0.25, 0.3) is 0 Å². The summed E-state index contributed by atoms with van der Waals surface area (Å²) in [6.07, 6.45) is 0. The minimum Gasteiger partial charge on any atom is -0.495 e. The van der Waals surface area contributed by atoms with Crippen molar-refractivity contribution in [3.05, 3.63) is 59.7 Å². The number of benzene rings is 2. The number of nitrogens with two attached hydrogens (primary N) is 1. The lowest BCUT2D eigenvalue weighted by atomic mass is 10.2. The van der Waals surface area contributed by atoms with Crippen LogP contribution in [-0.4, -0.2) is 48.2 Å². The van der Waals surface area contributed by atoms with Crippen molar-refractivity contribution in [3.63, 3.8) is 0 Å². The Kier molecular flexibility index (Phi) is 6.13. The van der Waals surface area contributed by atoms with Crippen molar-refractivity contribution in [3.8, 4) is 5.75 Å². The Morgan fingerprint density at radius 3 is 2.65 bits per heavy atom. The molecule has 1 saturated heterocycles. The first kappa shape index (κ1) is 20.8. The number of aromatic nitrogens is 3. The highest BCUT2D eigenvalue weighted by atomic mass is 19.1. The van der Waals surface area contributed by atoms with Crippen LogP contribution in [0.4, 0.5) is 27.7 Å². The Labute approximate surface area is 180 Å². The van der Waals surface area contributed by atoms with Crippen molar-refractivity contribution >= 4 is 23.3 Å². The molecule has 4 rings (SSSR count). The van der Waals surface area contributed by atoms with E-state index in [4.69, 9.17) is 10.5 Å². The zero-order valence-corrected chi connectivity index (χ0v) is 17.7. The van der Waals surface area contributed by atoms with Crippen LogP contribution >= 0.6 is 0 Å². The van der Waals surface area contributed by atoms with Gasteiger partial charge in [-0.15, -0.1) is 0 Å². The number of halogens is 1. The van der Waals surface area contributed by atoms with Gasteiger partial charge < -0.3 is 25.6 Å². The zero-order valence-electron chi connectivity index (χ0n) is 17.7. The highest BCUT2D eigenvalue weighted by Gasteiger charge is 2.23. The Morgan fingerprint density at radius 2 is 1.90 bits per heavy atom. The molecule has 0 radical (unpaired) electrons. The van der Waals surface area contributed by atoms with Crippen LogP contribution in [0, 0.1) is 12.7 Å². The first-order valence-corrected chi connectivity index (χ1v) is 10.3. The van der Waals surface area contributed by atoms with E-state index in [-0.39, 0.29) is 11.8 Å². The van der Waals surface area contributed by atoms with E-state index in [1.165, 1.54) is 11.0 Å². The van der Waals surface area contributed by atoms with Gasteiger partial charge in [-0.05, 0) is 36.8 Å². The number of quaternary nitrogens is 1. The predicted molar refractivity (Wildman–Crippen MR) is 118 cm³/mol. The van der Waals surface area contributed by atoms with E-state index in [0.717, 1.165) is 37.4 Å². The Hall–Kier alpha value is -3.46. The van der Waals surface area contributed by atoms with Gasteiger partial charge in [0.2, 0.25) is 11.9 Å². The average molecular weight is 425 g/mol. The molecule has 1 aliphatic rings. The van der Waals surface area contributed by atoms with E-state index in [2.05, 4.69) is 25.2 Å². The molecule has 31 heavy (non-hydrogen) atoms. The van der Waals surface area contributed by atoms with E-state index in [1.807, 2.05) is 37.3 Å². The molecule has 0 bridgehead atoms. The number of anilines is 4. The van der Waals surface area contributed by atoms with Gasteiger partial charge in [0.05, 0.1) is 44.7 Å². The number of hydrogen-bond donors (Lipinski definition) is 3. The van der Waals surface area contributed by atoms with Crippen molar-refractivity contribution < 1.29 is 14.0 Å². The fourth-order valence-electron chi connectivity index (χ4n) is 3.79. The lowest BCUT2D eigenvalue weighted by Crippen LogP contribution is -3.13. The molecule has 1 aliphatic heterocycles. The molecule has 0 aliphatic carbocycles. The molecule has 8 nitrogen and oxygen atoms in total. The molecule has 1 fully saturated rings. The summed E-state index contributed by atoms with van der Waals surface area (Å²) in [6, 6.07) is 12.7. The summed E-state index contributed by atoms with van der Waals surface area (Å²) in [5.41, 5.74) is 8.45. The molecule has 162 valence electrons. The van der Waals surface area contributed by atoms with E-state index in [9.17, 15) is 4.39 Å². The lowest BCUT2D eigenvalue weighted by molar-refractivity contribution is -0.915. The van der Waals surface area contributed by atoms with Crippen LogP contribution in [-0.2, 0) is 6.54 Å². The summed E-state index contributed by atoms with van der Waals surface area (Å²) in [7, 11) is 1.62. The van der Waals surface area contributed by atoms with Crippen LogP contribution in [0.3, 0.4) is 0 Å². The van der Waals surface area contributed by atoms with Gasteiger partial charge in [0, 0.05) is 0 Å². The van der Waals surface area contributed by atoms with E-state index < -0.39 is 0 Å². The maximum absolute atomic E-state index is 14.1. The fourth-order valence-corrected chi connectivity index (χ4v) is 3.79. The Morgan fingerprint density at radius 1 is 1.13 bits per heavy atom. The van der Waals surface area contributed by atoms with Crippen LogP contribution in [0.15, 0.2) is 42.5 Å². The zero-order chi connectivity index (χ0) is 21.8. The number of nitrogens with zero attached hydrogens (tertiary/aromatic N) is 4. The monoisotopic (exact) mass is 424 g/mol. The third kappa shape index (κ3) is 5.00. The minimum absolute atomic E-state index is 0.170. The first-order chi connectivity index (χ1) is 15.0. The molecule has 3 aromatic rings. The number of piperazine rings is 1. The van der Waals surface area contributed by atoms with E-state index >= 15 is 0 Å². The summed E-state index contributed by atoms with van der Waals surface area (Å²) in [5, 5.41) is 3.19. The summed E-state index contributed by atoms with van der Waals surface area (Å²) in [4.78, 5) is 16.5. The maximum Gasteiger partial charge on any atom is 0.232 e. The van der Waals surface area contributed by atoms with E-state index in [1.54, 1.807) is 13.2 Å². The molecule has 2 aromatic carbocycles. The van der Waals surface area contributed by atoms with Gasteiger partial charge in [0.25, 0.3) is 0 Å². The molecule has 4 N–H and O–H groups in total. The second-order valence-electron chi connectivity index (χ2n) is 7.63. The molecular weight excluding hydrogens is 397 g/mol. The van der Waals surface area contributed by atoms with Crippen molar-refractivity contribution in [1.29, 1.82) is 0 Å². The Bertz CT molecular complexity index is 1050. The molecule has 2 heterocycles. The molecule has 0 spiro atoms. The molecule has 0 unspecified atom stereocenters. The van der Waals surface area contributed by atoms with E-state index in [0.29, 0.717) is 29.8 Å². The quantitative estimate of drug-likeness (QED) is 0.553. The maximum atomic E-state index is 14.1. The number of aryl methyl sites for hydroxylation is 1.